The van der Waals surface area contributed by atoms with Crippen LogP contribution in [0.3, 0.4) is 0 Å². The summed E-state index contributed by atoms with van der Waals surface area (Å²) >= 11 is 3.99. The summed E-state index contributed by atoms with van der Waals surface area (Å²) in [7, 11) is 0. The second-order valence-electron chi connectivity index (χ2n) is 6.83. The van der Waals surface area contributed by atoms with Gasteiger partial charge in [-0.2, -0.15) is 12.6 Å². The Morgan fingerprint density at radius 1 is 1.26 bits per heavy atom. The zero-order chi connectivity index (χ0) is 20.2. The summed E-state index contributed by atoms with van der Waals surface area (Å²) in [5.74, 6) is -2.20. The summed E-state index contributed by atoms with van der Waals surface area (Å²) in [6, 6.07) is 5.70. The zero-order valence-electron chi connectivity index (χ0n) is 15.2. The van der Waals surface area contributed by atoms with Crippen molar-refractivity contribution in [2.45, 2.75) is 37.9 Å². The van der Waals surface area contributed by atoms with Gasteiger partial charge in [-0.3, -0.25) is 9.59 Å². The molecule has 0 saturated heterocycles. The van der Waals surface area contributed by atoms with E-state index in [2.05, 4.69) is 28.2 Å². The molecule has 0 aliphatic rings. The fourth-order valence-electron chi connectivity index (χ4n) is 2.54. The van der Waals surface area contributed by atoms with Crippen LogP contribution in [0.4, 0.5) is 0 Å². The highest BCUT2D eigenvalue weighted by Gasteiger charge is 2.33. The maximum absolute atomic E-state index is 12.7. The summed E-state index contributed by atoms with van der Waals surface area (Å²) in [6.07, 6.45) is 1.94. The first-order valence-electron chi connectivity index (χ1n) is 8.43. The van der Waals surface area contributed by atoms with Crippen LogP contribution in [-0.2, 0) is 20.8 Å². The largest absolute Gasteiger partial charge is 0.480 e. The minimum Gasteiger partial charge on any atom is -0.480 e. The van der Waals surface area contributed by atoms with Crippen molar-refractivity contribution in [1.82, 2.24) is 15.6 Å². The number of rotatable bonds is 8. The molecule has 0 saturated carbocycles. The average molecular weight is 392 g/mol. The Balaban J connectivity index is 2.27. The van der Waals surface area contributed by atoms with E-state index >= 15 is 0 Å². The van der Waals surface area contributed by atoms with Crippen LogP contribution < -0.4 is 16.4 Å². The molecule has 6 N–H and O–H groups in total. The van der Waals surface area contributed by atoms with Gasteiger partial charge in [-0.1, -0.05) is 18.2 Å². The number of nitrogens with two attached hydrogens (primary N) is 1. The van der Waals surface area contributed by atoms with E-state index in [1.807, 2.05) is 24.3 Å². The smallest absolute Gasteiger partial charge is 0.328 e. The quantitative estimate of drug-likeness (QED) is 0.362. The average Bonchev–Trinajstić information content (AvgIpc) is 3.02. The molecule has 27 heavy (non-hydrogen) atoms. The van der Waals surface area contributed by atoms with Gasteiger partial charge in [0.1, 0.15) is 11.6 Å². The van der Waals surface area contributed by atoms with Crippen LogP contribution in [0.15, 0.2) is 30.5 Å². The molecule has 2 amide bonds. The van der Waals surface area contributed by atoms with E-state index in [0.29, 0.717) is 0 Å². The van der Waals surface area contributed by atoms with E-state index < -0.39 is 35.4 Å². The molecule has 2 rings (SSSR count). The highest BCUT2D eigenvalue weighted by molar-refractivity contribution is 7.80. The Labute approximate surface area is 162 Å². The van der Waals surface area contributed by atoms with Crippen molar-refractivity contribution < 1.29 is 19.5 Å². The number of H-pyrrole nitrogens is 1. The summed E-state index contributed by atoms with van der Waals surface area (Å²) < 4.78 is 0. The lowest BCUT2D eigenvalue weighted by Crippen LogP contribution is -2.58. The molecule has 1 heterocycles. The van der Waals surface area contributed by atoms with Gasteiger partial charge in [0, 0.05) is 29.3 Å². The molecule has 0 bridgehead atoms. The number of aromatic nitrogens is 1. The van der Waals surface area contributed by atoms with E-state index in [9.17, 15) is 19.5 Å². The second-order valence-corrected chi connectivity index (χ2v) is 7.20. The van der Waals surface area contributed by atoms with Crippen LogP contribution in [0.1, 0.15) is 19.4 Å². The van der Waals surface area contributed by atoms with Gasteiger partial charge in [-0.05, 0) is 25.5 Å². The van der Waals surface area contributed by atoms with Gasteiger partial charge in [-0.25, -0.2) is 4.79 Å². The van der Waals surface area contributed by atoms with Gasteiger partial charge in [0.2, 0.25) is 11.8 Å². The standard InChI is InChI=1S/C18H24N4O4S/c1-18(2,17(25)26)22-16(24)14(21-15(23)12(19)9-27)7-10-8-20-13-6-4-3-5-11(10)13/h3-6,8,12,14,20,27H,7,9,19H2,1-2H3,(H,21,23)(H,22,24)(H,25,26)/t12-,14-/m1/s1. The van der Waals surface area contributed by atoms with E-state index in [-0.39, 0.29) is 12.2 Å². The van der Waals surface area contributed by atoms with Crippen LogP contribution in [0.2, 0.25) is 0 Å². The van der Waals surface area contributed by atoms with E-state index in [0.717, 1.165) is 16.5 Å². The van der Waals surface area contributed by atoms with Crippen molar-refractivity contribution in [1.29, 1.82) is 0 Å². The summed E-state index contributed by atoms with van der Waals surface area (Å²) in [6.45, 7) is 2.74. The fraction of sp³-hybridized carbons (Fsp3) is 0.389. The molecular weight excluding hydrogens is 368 g/mol. The predicted molar refractivity (Wildman–Crippen MR) is 106 cm³/mol. The highest BCUT2D eigenvalue weighted by atomic mass is 32.1. The summed E-state index contributed by atoms with van der Waals surface area (Å²) in [5.41, 5.74) is 5.92. The number of amides is 2. The first kappa shape index (κ1) is 20.8. The highest BCUT2D eigenvalue weighted by Crippen LogP contribution is 2.19. The maximum Gasteiger partial charge on any atom is 0.328 e. The van der Waals surface area contributed by atoms with Gasteiger partial charge in [0.25, 0.3) is 0 Å². The van der Waals surface area contributed by atoms with Crippen molar-refractivity contribution >= 4 is 41.3 Å². The number of aromatic amines is 1. The lowest BCUT2D eigenvalue weighted by molar-refractivity contribution is -0.146. The topological polar surface area (TPSA) is 137 Å². The van der Waals surface area contributed by atoms with Gasteiger partial charge in [0.05, 0.1) is 6.04 Å². The van der Waals surface area contributed by atoms with Crippen LogP contribution >= 0.6 is 12.6 Å². The number of fused-ring (bicyclic) bond motifs is 1. The normalized spacial score (nSPS) is 13.8. The Morgan fingerprint density at radius 2 is 1.93 bits per heavy atom. The van der Waals surface area contributed by atoms with Crippen LogP contribution in [-0.4, -0.2) is 51.2 Å². The van der Waals surface area contributed by atoms with Gasteiger partial charge >= 0.3 is 5.97 Å². The number of para-hydroxylation sites is 1. The third-order valence-corrected chi connectivity index (χ3v) is 4.63. The lowest BCUT2D eigenvalue weighted by Gasteiger charge is -2.26. The van der Waals surface area contributed by atoms with Gasteiger partial charge in [-0.15, -0.1) is 0 Å². The molecule has 9 heteroatoms. The predicted octanol–water partition coefficient (Wildman–Crippen LogP) is 0.432. The minimum atomic E-state index is -1.48. The van der Waals surface area contributed by atoms with Crippen molar-refractivity contribution in [2.24, 2.45) is 5.73 Å². The first-order chi connectivity index (χ1) is 12.7. The molecule has 146 valence electrons. The van der Waals surface area contributed by atoms with Crippen LogP contribution in [0.5, 0.6) is 0 Å². The second kappa shape index (κ2) is 8.45. The van der Waals surface area contributed by atoms with Gasteiger partial charge < -0.3 is 26.5 Å². The molecular formula is C18H24N4O4S. The molecule has 2 atom stereocenters. The van der Waals surface area contributed by atoms with E-state index in [4.69, 9.17) is 5.73 Å². The number of benzene rings is 1. The number of nitrogens with one attached hydrogen (secondary N) is 3. The number of hydrogen-bond donors (Lipinski definition) is 6. The zero-order valence-corrected chi connectivity index (χ0v) is 16.0. The number of carbonyl (C=O) groups excluding carboxylic acids is 2. The third kappa shape index (κ3) is 5.01. The van der Waals surface area contributed by atoms with Crippen LogP contribution in [0, 0.1) is 0 Å². The summed E-state index contributed by atoms with van der Waals surface area (Å²) in [5, 5.41) is 15.2. The number of thiol groups is 1. The fourth-order valence-corrected chi connectivity index (χ4v) is 2.71. The van der Waals surface area contributed by atoms with Crippen molar-refractivity contribution in [3.05, 3.63) is 36.0 Å². The van der Waals surface area contributed by atoms with E-state index in [1.165, 1.54) is 13.8 Å². The molecule has 0 radical (unpaired) electrons. The van der Waals surface area contributed by atoms with Crippen molar-refractivity contribution in [3.63, 3.8) is 0 Å². The van der Waals surface area contributed by atoms with Gasteiger partial charge in [0.15, 0.2) is 0 Å². The molecule has 0 aliphatic heterocycles. The first-order valence-corrected chi connectivity index (χ1v) is 9.06. The molecule has 1 aromatic heterocycles. The molecule has 0 fully saturated rings. The Bertz CT molecular complexity index is 849. The SMILES string of the molecule is CC(C)(NC(=O)[C@@H](Cc1c[nH]c2ccccc12)NC(=O)[C@H](N)CS)C(=O)O. The number of aliphatic carboxylic acids is 1. The Morgan fingerprint density at radius 3 is 2.56 bits per heavy atom. The van der Waals surface area contributed by atoms with Crippen LogP contribution in [0.25, 0.3) is 10.9 Å². The minimum absolute atomic E-state index is 0.119. The molecule has 2 aromatic rings. The lowest BCUT2D eigenvalue weighted by atomic mass is 10.0. The number of carbonyl (C=O) groups is 3. The van der Waals surface area contributed by atoms with Crippen molar-refractivity contribution in [3.8, 4) is 0 Å². The number of hydrogen-bond acceptors (Lipinski definition) is 5. The molecule has 8 nitrogen and oxygen atoms in total. The molecule has 0 spiro atoms. The van der Waals surface area contributed by atoms with Crippen molar-refractivity contribution in [2.75, 3.05) is 5.75 Å². The maximum atomic E-state index is 12.7. The Hall–Kier alpha value is -2.52. The van der Waals surface area contributed by atoms with E-state index in [1.54, 1.807) is 6.20 Å². The number of carboxylic acid groups (broad SMARTS) is 1. The molecule has 0 unspecified atom stereocenters. The summed E-state index contributed by atoms with van der Waals surface area (Å²) in [4.78, 5) is 39.3. The third-order valence-electron chi connectivity index (χ3n) is 4.24. The number of carboxylic acids is 1. The Kier molecular flexibility index (Phi) is 6.50. The monoisotopic (exact) mass is 392 g/mol. The molecule has 1 aromatic carbocycles. The molecule has 0 aliphatic carbocycles.